The predicted molar refractivity (Wildman–Crippen MR) is 76.7 cm³/mol. The van der Waals surface area contributed by atoms with E-state index in [-0.39, 0.29) is 6.10 Å². The van der Waals surface area contributed by atoms with Crippen LogP contribution in [0.1, 0.15) is 30.1 Å². The van der Waals surface area contributed by atoms with Crippen molar-refractivity contribution in [3.63, 3.8) is 0 Å². The van der Waals surface area contributed by atoms with Crippen LogP contribution in [0.3, 0.4) is 0 Å². The number of ether oxygens (including phenoxy) is 1. The topological polar surface area (TPSA) is 29.5 Å². The zero-order valence-electron chi connectivity index (χ0n) is 11.0. The van der Waals surface area contributed by atoms with Crippen molar-refractivity contribution >= 4 is 0 Å². The molecule has 19 heavy (non-hydrogen) atoms. The lowest BCUT2D eigenvalue weighted by atomic mass is 10.1. The highest BCUT2D eigenvalue weighted by molar-refractivity contribution is 5.17. The summed E-state index contributed by atoms with van der Waals surface area (Å²) in [5.41, 5.74) is 2.16. The standard InChI is InChI=1S/C17H20O2/c18-17(16-10-5-2-6-11-16)12-7-13-19-14-15-8-3-1-4-9-15/h1-6,8-11,17-18H,7,12-14H2. The molecule has 2 rings (SSSR count). The van der Waals surface area contributed by atoms with Crippen molar-refractivity contribution in [2.24, 2.45) is 0 Å². The summed E-state index contributed by atoms with van der Waals surface area (Å²) in [4.78, 5) is 0. The van der Waals surface area contributed by atoms with Crippen molar-refractivity contribution in [2.45, 2.75) is 25.6 Å². The summed E-state index contributed by atoms with van der Waals surface area (Å²) in [6, 6.07) is 19.9. The fraction of sp³-hybridized carbons (Fsp3) is 0.294. The van der Waals surface area contributed by atoms with Crippen LogP contribution in [0.4, 0.5) is 0 Å². The molecule has 0 aromatic heterocycles. The highest BCUT2D eigenvalue weighted by atomic mass is 16.5. The van der Waals surface area contributed by atoms with E-state index in [2.05, 4.69) is 12.1 Å². The molecule has 0 aliphatic carbocycles. The van der Waals surface area contributed by atoms with E-state index >= 15 is 0 Å². The summed E-state index contributed by atoms with van der Waals surface area (Å²) >= 11 is 0. The van der Waals surface area contributed by atoms with E-state index in [4.69, 9.17) is 4.74 Å². The molecule has 1 N–H and O–H groups in total. The average Bonchev–Trinajstić information content (AvgIpc) is 2.49. The number of rotatable bonds is 7. The van der Waals surface area contributed by atoms with Crippen molar-refractivity contribution in [3.8, 4) is 0 Å². The van der Waals surface area contributed by atoms with Gasteiger partial charge in [-0.05, 0) is 24.0 Å². The molecule has 2 aromatic carbocycles. The Kier molecular flexibility index (Phi) is 5.60. The molecule has 0 fully saturated rings. The largest absolute Gasteiger partial charge is 0.388 e. The molecule has 0 bridgehead atoms. The van der Waals surface area contributed by atoms with E-state index in [1.54, 1.807) is 0 Å². The van der Waals surface area contributed by atoms with E-state index in [9.17, 15) is 5.11 Å². The van der Waals surface area contributed by atoms with Gasteiger partial charge in [0.1, 0.15) is 0 Å². The lowest BCUT2D eigenvalue weighted by Gasteiger charge is -2.10. The molecule has 1 atom stereocenters. The average molecular weight is 256 g/mol. The third-order valence-electron chi connectivity index (χ3n) is 3.06. The third-order valence-corrected chi connectivity index (χ3v) is 3.06. The molecule has 0 amide bonds. The third kappa shape index (κ3) is 4.86. The monoisotopic (exact) mass is 256 g/mol. The maximum absolute atomic E-state index is 9.98. The fourth-order valence-electron chi connectivity index (χ4n) is 1.98. The van der Waals surface area contributed by atoms with Crippen LogP contribution in [0.5, 0.6) is 0 Å². The summed E-state index contributed by atoms with van der Waals surface area (Å²) in [5.74, 6) is 0. The van der Waals surface area contributed by atoms with Crippen LogP contribution in [-0.4, -0.2) is 11.7 Å². The van der Waals surface area contributed by atoms with Gasteiger partial charge in [0.2, 0.25) is 0 Å². The van der Waals surface area contributed by atoms with E-state index in [0.717, 1.165) is 18.4 Å². The number of hydrogen-bond donors (Lipinski definition) is 1. The Morgan fingerprint density at radius 2 is 1.53 bits per heavy atom. The predicted octanol–water partition coefficient (Wildman–Crippen LogP) is 3.72. The lowest BCUT2D eigenvalue weighted by molar-refractivity contribution is 0.0972. The first kappa shape index (κ1) is 13.8. The first-order chi connectivity index (χ1) is 9.36. The number of aliphatic hydroxyl groups excluding tert-OH is 1. The van der Waals surface area contributed by atoms with Gasteiger partial charge in [-0.1, -0.05) is 60.7 Å². The minimum absolute atomic E-state index is 0.387. The number of hydrogen-bond acceptors (Lipinski definition) is 2. The van der Waals surface area contributed by atoms with E-state index < -0.39 is 0 Å². The maximum atomic E-state index is 9.98. The van der Waals surface area contributed by atoms with Crippen LogP contribution >= 0.6 is 0 Å². The zero-order chi connectivity index (χ0) is 13.3. The molecule has 0 spiro atoms. The smallest absolute Gasteiger partial charge is 0.0790 e. The van der Waals surface area contributed by atoms with Gasteiger partial charge in [-0.15, -0.1) is 0 Å². The Morgan fingerprint density at radius 1 is 0.895 bits per heavy atom. The number of aliphatic hydroxyl groups is 1. The Bertz CT molecular complexity index is 453. The normalized spacial score (nSPS) is 12.3. The van der Waals surface area contributed by atoms with E-state index in [1.807, 2.05) is 48.5 Å². The molecule has 0 radical (unpaired) electrons. The van der Waals surface area contributed by atoms with Crippen molar-refractivity contribution < 1.29 is 9.84 Å². The molecule has 0 heterocycles. The van der Waals surface area contributed by atoms with Gasteiger partial charge in [0.15, 0.2) is 0 Å². The molecular formula is C17H20O2. The van der Waals surface area contributed by atoms with Gasteiger partial charge in [0.25, 0.3) is 0 Å². The van der Waals surface area contributed by atoms with Gasteiger partial charge in [-0.25, -0.2) is 0 Å². The first-order valence-electron chi connectivity index (χ1n) is 6.71. The molecule has 0 aliphatic heterocycles. The van der Waals surface area contributed by atoms with Crippen LogP contribution in [0.15, 0.2) is 60.7 Å². The van der Waals surface area contributed by atoms with Crippen molar-refractivity contribution in [1.82, 2.24) is 0 Å². The molecule has 2 aromatic rings. The van der Waals surface area contributed by atoms with E-state index in [0.29, 0.717) is 13.2 Å². The van der Waals surface area contributed by atoms with Gasteiger partial charge in [-0.2, -0.15) is 0 Å². The Hall–Kier alpha value is -1.64. The summed E-state index contributed by atoms with van der Waals surface area (Å²) in [6.07, 6.45) is 1.21. The van der Waals surface area contributed by atoms with E-state index in [1.165, 1.54) is 5.56 Å². The van der Waals surface area contributed by atoms with Gasteiger partial charge in [0.05, 0.1) is 12.7 Å². The second-order valence-electron chi connectivity index (χ2n) is 4.61. The van der Waals surface area contributed by atoms with Gasteiger partial charge in [0, 0.05) is 6.61 Å². The van der Waals surface area contributed by atoms with Gasteiger partial charge in [-0.3, -0.25) is 0 Å². The first-order valence-corrected chi connectivity index (χ1v) is 6.71. The molecule has 0 saturated heterocycles. The second kappa shape index (κ2) is 7.72. The van der Waals surface area contributed by atoms with Crippen molar-refractivity contribution in [1.29, 1.82) is 0 Å². The van der Waals surface area contributed by atoms with Crippen molar-refractivity contribution in [2.75, 3.05) is 6.61 Å². The highest BCUT2D eigenvalue weighted by Gasteiger charge is 2.05. The highest BCUT2D eigenvalue weighted by Crippen LogP contribution is 2.17. The fourth-order valence-corrected chi connectivity index (χ4v) is 1.98. The Labute approximate surface area is 114 Å². The molecular weight excluding hydrogens is 236 g/mol. The zero-order valence-corrected chi connectivity index (χ0v) is 11.0. The van der Waals surface area contributed by atoms with Crippen molar-refractivity contribution in [3.05, 3.63) is 71.8 Å². The SMILES string of the molecule is OC(CCCOCc1ccccc1)c1ccccc1. The van der Waals surface area contributed by atoms with Gasteiger partial charge < -0.3 is 9.84 Å². The summed E-state index contributed by atoms with van der Waals surface area (Å²) in [7, 11) is 0. The van der Waals surface area contributed by atoms with Crippen LogP contribution in [0, 0.1) is 0 Å². The molecule has 0 aliphatic rings. The van der Waals surface area contributed by atoms with Gasteiger partial charge >= 0.3 is 0 Å². The second-order valence-corrected chi connectivity index (χ2v) is 4.61. The molecule has 0 saturated carbocycles. The minimum atomic E-state index is -0.387. The Balaban J connectivity index is 1.62. The maximum Gasteiger partial charge on any atom is 0.0790 e. The quantitative estimate of drug-likeness (QED) is 0.765. The van der Waals surface area contributed by atoms with Crippen LogP contribution in [0.25, 0.3) is 0 Å². The summed E-state index contributed by atoms with van der Waals surface area (Å²) in [5, 5.41) is 9.98. The minimum Gasteiger partial charge on any atom is -0.388 e. The number of benzene rings is 2. The lowest BCUT2D eigenvalue weighted by Crippen LogP contribution is -2.01. The Morgan fingerprint density at radius 3 is 2.21 bits per heavy atom. The molecule has 2 nitrogen and oxygen atoms in total. The summed E-state index contributed by atoms with van der Waals surface area (Å²) < 4.78 is 5.59. The molecule has 100 valence electrons. The summed E-state index contributed by atoms with van der Waals surface area (Å²) in [6.45, 7) is 1.32. The van der Waals surface area contributed by atoms with Crippen LogP contribution in [-0.2, 0) is 11.3 Å². The molecule has 2 heteroatoms. The van der Waals surface area contributed by atoms with Crippen LogP contribution < -0.4 is 0 Å². The van der Waals surface area contributed by atoms with Crippen LogP contribution in [0.2, 0.25) is 0 Å². The molecule has 1 unspecified atom stereocenters.